The third-order valence-electron chi connectivity index (χ3n) is 0. The van der Waals surface area contributed by atoms with Crippen LogP contribution in [0.25, 0.3) is 0 Å². The molecule has 0 heterocycles. The molecule has 0 bridgehead atoms. The number of hydrogen-bond acceptors (Lipinski definition) is 0. The molecule has 0 aromatic heterocycles. The topological polar surface area (TPSA) is 0 Å². The van der Waals surface area contributed by atoms with E-state index in [4.69, 9.17) is 0 Å². The summed E-state index contributed by atoms with van der Waals surface area (Å²) in [5, 5.41) is 0. The van der Waals surface area contributed by atoms with Gasteiger partial charge < -0.3 is 50.9 Å². The fraction of sp³-hybridized carbons (Fsp3) is 0. The quantitative estimate of drug-likeness (QED) is 0.357. The zero-order chi connectivity index (χ0) is 0. The average molecular weight is 397 g/mol. The molecule has 0 N–H and O–H groups in total. The van der Waals surface area contributed by atoms with Crippen LogP contribution in [0.5, 0.6) is 0 Å². The molecule has 0 amide bonds. The van der Waals surface area contributed by atoms with E-state index < -0.39 is 0 Å². The molecule has 0 spiro atoms. The Kier molecular flexibility index (Phi) is 167. The summed E-state index contributed by atoms with van der Waals surface area (Å²) in [7, 11) is 0. The van der Waals surface area contributed by atoms with Crippen LogP contribution in [0, 0.1) is 0 Å². The molecule has 0 fully saturated rings. The fourth-order valence-corrected chi connectivity index (χ4v) is 0. The van der Waals surface area contributed by atoms with Crippen LogP contribution >= 0.6 is 0 Å². The summed E-state index contributed by atoms with van der Waals surface area (Å²) in [6.45, 7) is 0. The van der Waals surface area contributed by atoms with Crippen LogP contribution in [0.15, 0.2) is 0 Å². The molecule has 5 heteroatoms. The van der Waals surface area contributed by atoms with Crippen molar-refractivity contribution in [3.8, 4) is 0 Å². The first-order valence-electron chi connectivity index (χ1n) is 0. The molecule has 5 heavy (non-hydrogen) atoms. The minimum absolute atomic E-state index is 0. The third kappa shape index (κ3) is 17.8. The van der Waals surface area contributed by atoms with Crippen LogP contribution in [0.3, 0.4) is 0 Å². The van der Waals surface area contributed by atoms with Crippen LogP contribution in [0.4, 0.5) is 0 Å². The predicted molar refractivity (Wildman–Crippen MR) is 5.75 cm³/mol. The van der Waals surface area contributed by atoms with Crippen LogP contribution < -0.4 is 120 Å². The predicted octanol–water partition coefficient (Wildman–Crippen LogP) is -12.4. The van der Waals surface area contributed by atoms with E-state index in [1.807, 2.05) is 0 Å². The Morgan fingerprint density at radius 2 is 0.600 bits per heavy atom. The molecular weight excluding hydrogens is 397 g/mol. The molecule has 0 radical (unpaired) electrons. The third-order valence-corrected chi connectivity index (χ3v) is 0. The van der Waals surface area contributed by atoms with Gasteiger partial charge in [-0.3, -0.25) is 0 Å². The molecule has 0 aliphatic carbocycles. The molecule has 0 rings (SSSR count). The Balaban J connectivity index is 0. The van der Waals surface area contributed by atoms with E-state index in [9.17, 15) is 0 Å². The Morgan fingerprint density at radius 3 is 0.600 bits per heavy atom. The number of hydrogen-bond donors (Lipinski definition) is 0. The largest absolute Gasteiger partial charge is 2.00 e. The van der Waals surface area contributed by atoms with Gasteiger partial charge in [-0.15, -0.1) is 0 Å². The van der Waals surface area contributed by atoms with Gasteiger partial charge in [-0.2, -0.15) is 0 Å². The van der Waals surface area contributed by atoms with Gasteiger partial charge in [0.1, 0.15) is 0 Å². The SMILES string of the molecule is [Br-].[Br-].[Br-].[Cs+].[Mg+2]. The maximum Gasteiger partial charge on any atom is 2.00 e. The summed E-state index contributed by atoms with van der Waals surface area (Å²) < 4.78 is 0. The van der Waals surface area contributed by atoms with Gasteiger partial charge in [0.05, 0.1) is 0 Å². The van der Waals surface area contributed by atoms with Crippen molar-refractivity contribution < 1.29 is 120 Å². The van der Waals surface area contributed by atoms with Crippen molar-refractivity contribution in [2.45, 2.75) is 0 Å². The summed E-state index contributed by atoms with van der Waals surface area (Å²) in [6.07, 6.45) is 0. The second-order valence-electron chi connectivity index (χ2n) is 0. The summed E-state index contributed by atoms with van der Waals surface area (Å²) in [5.41, 5.74) is 0. The Bertz CT molecular complexity index is 6.85. The van der Waals surface area contributed by atoms with Crippen molar-refractivity contribution in [3.05, 3.63) is 0 Å². The van der Waals surface area contributed by atoms with E-state index in [1.165, 1.54) is 0 Å². The molecular formula is Br3CsMg. The van der Waals surface area contributed by atoms with Crippen molar-refractivity contribution in [1.82, 2.24) is 0 Å². The summed E-state index contributed by atoms with van der Waals surface area (Å²) >= 11 is 0. The molecule has 0 saturated carbocycles. The fourth-order valence-electron chi connectivity index (χ4n) is 0. The van der Waals surface area contributed by atoms with E-state index in [0.717, 1.165) is 0 Å². The van der Waals surface area contributed by atoms with Gasteiger partial charge in [-0.05, 0) is 0 Å². The number of halogens is 3. The van der Waals surface area contributed by atoms with Gasteiger partial charge in [0.25, 0.3) is 0 Å². The monoisotopic (exact) mass is 394 g/mol. The van der Waals surface area contributed by atoms with Crippen molar-refractivity contribution in [1.29, 1.82) is 0 Å². The van der Waals surface area contributed by atoms with E-state index in [-0.39, 0.29) is 143 Å². The second-order valence-corrected chi connectivity index (χ2v) is 0. The van der Waals surface area contributed by atoms with E-state index in [2.05, 4.69) is 0 Å². The van der Waals surface area contributed by atoms with Crippen LogP contribution in [-0.4, -0.2) is 23.1 Å². The van der Waals surface area contributed by atoms with Crippen molar-refractivity contribution in [3.63, 3.8) is 0 Å². The van der Waals surface area contributed by atoms with Gasteiger partial charge in [-0.1, -0.05) is 0 Å². The number of rotatable bonds is 0. The van der Waals surface area contributed by atoms with Gasteiger partial charge in [0, 0.05) is 0 Å². The molecule has 0 saturated heterocycles. The standard InChI is InChI=1S/3BrH.Cs.Mg/h3*1H;;/q;;;+1;+2/p-3. The molecule has 0 aromatic carbocycles. The van der Waals surface area contributed by atoms with Gasteiger partial charge >= 0.3 is 91.9 Å². The molecule has 24 valence electrons. The normalized spacial score (nSPS) is 0. The first-order valence-corrected chi connectivity index (χ1v) is 0. The molecule has 0 atom stereocenters. The zero-order valence-corrected chi connectivity index (χ0v) is 15.3. The molecule has 0 nitrogen and oxygen atoms in total. The average Bonchev–Trinajstić information content (AvgIpc) is 0. The van der Waals surface area contributed by atoms with Crippen LogP contribution in [0.1, 0.15) is 0 Å². The Hall–Kier alpha value is 4.26. The molecule has 0 unspecified atom stereocenters. The first-order chi connectivity index (χ1) is 0. The summed E-state index contributed by atoms with van der Waals surface area (Å²) in [6, 6.07) is 0. The first kappa shape index (κ1) is 34.8. The van der Waals surface area contributed by atoms with Crippen molar-refractivity contribution in [2.75, 3.05) is 0 Å². The molecule has 0 aromatic rings. The van der Waals surface area contributed by atoms with E-state index in [1.54, 1.807) is 0 Å². The minimum Gasteiger partial charge on any atom is -1.00 e. The van der Waals surface area contributed by atoms with E-state index in [0.29, 0.717) is 0 Å². The Labute approximate surface area is 138 Å². The van der Waals surface area contributed by atoms with Crippen molar-refractivity contribution in [2.24, 2.45) is 0 Å². The zero-order valence-electron chi connectivity index (χ0n) is 2.84. The smallest absolute Gasteiger partial charge is 1.00 e. The minimum atomic E-state index is 0. The summed E-state index contributed by atoms with van der Waals surface area (Å²) in [4.78, 5) is 0. The van der Waals surface area contributed by atoms with Gasteiger partial charge in [0.15, 0.2) is 0 Å². The molecule has 0 aliphatic rings. The van der Waals surface area contributed by atoms with Crippen molar-refractivity contribution >= 4 is 23.1 Å². The van der Waals surface area contributed by atoms with Crippen LogP contribution in [-0.2, 0) is 0 Å². The van der Waals surface area contributed by atoms with E-state index >= 15 is 0 Å². The van der Waals surface area contributed by atoms with Gasteiger partial charge in [0.2, 0.25) is 0 Å². The summed E-state index contributed by atoms with van der Waals surface area (Å²) in [5.74, 6) is 0. The maximum atomic E-state index is 0. The maximum absolute atomic E-state index is 0. The van der Waals surface area contributed by atoms with Crippen LogP contribution in [0.2, 0.25) is 0 Å². The second kappa shape index (κ2) is 24.0. The Morgan fingerprint density at radius 1 is 0.600 bits per heavy atom. The van der Waals surface area contributed by atoms with Gasteiger partial charge in [-0.25, -0.2) is 0 Å². The molecule has 0 aliphatic heterocycles.